The van der Waals surface area contributed by atoms with Gasteiger partial charge in [-0.15, -0.1) is 0 Å². The van der Waals surface area contributed by atoms with E-state index >= 15 is 0 Å². The molecule has 1 aromatic rings. The van der Waals surface area contributed by atoms with Crippen molar-refractivity contribution in [3.8, 4) is 5.75 Å². The van der Waals surface area contributed by atoms with Gasteiger partial charge in [-0.25, -0.2) is 0 Å². The molecule has 1 saturated carbocycles. The maximum absolute atomic E-state index is 10.6. The van der Waals surface area contributed by atoms with Gasteiger partial charge >= 0.3 is 0 Å². The third kappa shape index (κ3) is 6.60. The molecule has 2 rings (SSSR count). The van der Waals surface area contributed by atoms with Crippen LogP contribution in [0.5, 0.6) is 5.75 Å². The van der Waals surface area contributed by atoms with Crippen molar-refractivity contribution in [2.24, 2.45) is 11.8 Å². The zero-order chi connectivity index (χ0) is 16.3. The van der Waals surface area contributed by atoms with E-state index in [-0.39, 0.29) is 0 Å². The van der Waals surface area contributed by atoms with Gasteiger partial charge in [-0.1, -0.05) is 44.8 Å². The van der Waals surface area contributed by atoms with Gasteiger partial charge in [0.05, 0.1) is 0 Å². The van der Waals surface area contributed by atoms with E-state index in [4.69, 9.17) is 4.74 Å². The summed E-state index contributed by atoms with van der Waals surface area (Å²) in [5, 5.41) is 0. The summed E-state index contributed by atoms with van der Waals surface area (Å²) in [5.74, 6) is 2.53. The Hall–Kier alpha value is -1.57. The summed E-state index contributed by atoms with van der Waals surface area (Å²) in [5.41, 5.74) is 0.684. The third-order valence-corrected chi connectivity index (χ3v) is 4.88. The molecule has 0 unspecified atom stereocenters. The first-order valence-corrected chi connectivity index (χ1v) is 9.16. The molecule has 0 atom stereocenters. The molecule has 1 aliphatic carbocycles. The summed E-state index contributed by atoms with van der Waals surface area (Å²) in [7, 11) is 0. The van der Waals surface area contributed by atoms with Crippen molar-refractivity contribution in [1.82, 2.24) is 0 Å². The van der Waals surface area contributed by atoms with Gasteiger partial charge in [-0.3, -0.25) is 4.79 Å². The standard InChI is InChI=1S/C21H30O2/c1-2-3-4-6-18-8-10-19(11-9-18)7-5-16-23-21-14-12-20(17-22)13-15-21/h5,7,12-15,17-19H,2-4,6,8-11,16H2,1H3/b7-5+. The molecule has 126 valence electrons. The predicted molar refractivity (Wildman–Crippen MR) is 96.1 cm³/mol. The average Bonchev–Trinajstić information content (AvgIpc) is 2.61. The summed E-state index contributed by atoms with van der Waals surface area (Å²) in [4.78, 5) is 10.6. The van der Waals surface area contributed by atoms with Gasteiger partial charge in [0.15, 0.2) is 0 Å². The van der Waals surface area contributed by atoms with Crippen LogP contribution in [0.1, 0.15) is 68.6 Å². The van der Waals surface area contributed by atoms with E-state index in [1.165, 1.54) is 51.4 Å². The van der Waals surface area contributed by atoms with Crippen molar-refractivity contribution in [3.05, 3.63) is 42.0 Å². The van der Waals surface area contributed by atoms with Gasteiger partial charge < -0.3 is 4.74 Å². The van der Waals surface area contributed by atoms with Crippen LogP contribution in [0.15, 0.2) is 36.4 Å². The van der Waals surface area contributed by atoms with Crippen molar-refractivity contribution in [2.75, 3.05) is 6.61 Å². The minimum absolute atomic E-state index is 0.608. The number of allylic oxidation sites excluding steroid dienone is 1. The van der Waals surface area contributed by atoms with Crippen LogP contribution in [0.3, 0.4) is 0 Å². The van der Waals surface area contributed by atoms with Gasteiger partial charge in [0.1, 0.15) is 18.6 Å². The Morgan fingerprint density at radius 1 is 1.09 bits per heavy atom. The second-order valence-corrected chi connectivity index (χ2v) is 6.70. The molecule has 0 N–H and O–H groups in total. The number of hydrogen-bond donors (Lipinski definition) is 0. The highest BCUT2D eigenvalue weighted by molar-refractivity contribution is 5.74. The summed E-state index contributed by atoms with van der Waals surface area (Å²) >= 11 is 0. The van der Waals surface area contributed by atoms with Crippen LogP contribution >= 0.6 is 0 Å². The molecule has 2 nitrogen and oxygen atoms in total. The fourth-order valence-electron chi connectivity index (χ4n) is 3.39. The van der Waals surface area contributed by atoms with Gasteiger partial charge in [0.25, 0.3) is 0 Å². The number of benzene rings is 1. The molecule has 0 amide bonds. The molecule has 0 radical (unpaired) electrons. The van der Waals surface area contributed by atoms with E-state index in [1.54, 1.807) is 12.1 Å². The minimum atomic E-state index is 0.608. The molecule has 1 aromatic carbocycles. The lowest BCUT2D eigenvalue weighted by atomic mass is 9.79. The third-order valence-electron chi connectivity index (χ3n) is 4.88. The Morgan fingerprint density at radius 2 is 1.83 bits per heavy atom. The lowest BCUT2D eigenvalue weighted by Crippen LogP contribution is -2.13. The lowest BCUT2D eigenvalue weighted by Gasteiger charge is -2.26. The van der Waals surface area contributed by atoms with Gasteiger partial charge in [0, 0.05) is 5.56 Å². The number of carbonyl (C=O) groups excluding carboxylic acids is 1. The van der Waals surface area contributed by atoms with Crippen molar-refractivity contribution in [3.63, 3.8) is 0 Å². The molecule has 0 heterocycles. The molecule has 2 heteroatoms. The van der Waals surface area contributed by atoms with Crippen molar-refractivity contribution < 1.29 is 9.53 Å². The van der Waals surface area contributed by atoms with E-state index in [9.17, 15) is 4.79 Å². The number of hydrogen-bond acceptors (Lipinski definition) is 2. The lowest BCUT2D eigenvalue weighted by molar-refractivity contribution is 0.112. The second kappa shape index (κ2) is 10.3. The van der Waals surface area contributed by atoms with E-state index < -0.39 is 0 Å². The van der Waals surface area contributed by atoms with Crippen molar-refractivity contribution in [2.45, 2.75) is 58.3 Å². The van der Waals surface area contributed by atoms with Crippen LogP contribution in [0.4, 0.5) is 0 Å². The van der Waals surface area contributed by atoms with Crippen LogP contribution in [0, 0.1) is 11.8 Å². The van der Waals surface area contributed by atoms with Gasteiger partial charge in [0.2, 0.25) is 0 Å². The van der Waals surface area contributed by atoms with E-state index in [0.717, 1.165) is 23.9 Å². The topological polar surface area (TPSA) is 26.3 Å². The fraction of sp³-hybridized carbons (Fsp3) is 0.571. The first kappa shape index (κ1) is 17.8. The maximum atomic E-state index is 10.6. The Balaban J connectivity index is 1.62. The number of rotatable bonds is 9. The Morgan fingerprint density at radius 3 is 2.48 bits per heavy atom. The zero-order valence-electron chi connectivity index (χ0n) is 14.4. The smallest absolute Gasteiger partial charge is 0.150 e. The van der Waals surface area contributed by atoms with Gasteiger partial charge in [-0.2, -0.15) is 0 Å². The Bertz CT molecular complexity index is 467. The first-order chi connectivity index (χ1) is 11.3. The number of carbonyl (C=O) groups is 1. The van der Waals surface area contributed by atoms with Crippen LogP contribution < -0.4 is 4.74 Å². The molecule has 23 heavy (non-hydrogen) atoms. The average molecular weight is 314 g/mol. The predicted octanol–water partition coefficient (Wildman–Crippen LogP) is 5.82. The van der Waals surface area contributed by atoms with Crippen LogP contribution in [0.25, 0.3) is 0 Å². The molecular weight excluding hydrogens is 284 g/mol. The molecule has 0 bridgehead atoms. The Labute approximate surface area is 140 Å². The summed E-state index contributed by atoms with van der Waals surface area (Å²) in [6, 6.07) is 7.26. The summed E-state index contributed by atoms with van der Waals surface area (Å²) in [6.45, 7) is 2.89. The quantitative estimate of drug-likeness (QED) is 0.326. The fourth-order valence-corrected chi connectivity index (χ4v) is 3.39. The minimum Gasteiger partial charge on any atom is -0.490 e. The van der Waals surface area contributed by atoms with Crippen LogP contribution in [0.2, 0.25) is 0 Å². The van der Waals surface area contributed by atoms with Gasteiger partial charge in [-0.05, 0) is 61.8 Å². The molecule has 1 aliphatic rings. The SMILES string of the molecule is CCCCCC1CCC(/C=C/COc2ccc(C=O)cc2)CC1. The highest BCUT2D eigenvalue weighted by Crippen LogP contribution is 2.32. The molecule has 1 fully saturated rings. The Kier molecular flexibility index (Phi) is 7.92. The molecule has 0 aromatic heterocycles. The molecule has 0 spiro atoms. The second-order valence-electron chi connectivity index (χ2n) is 6.70. The first-order valence-electron chi connectivity index (χ1n) is 9.16. The largest absolute Gasteiger partial charge is 0.490 e. The molecule has 0 saturated heterocycles. The highest BCUT2D eigenvalue weighted by atomic mass is 16.5. The number of aldehydes is 1. The van der Waals surface area contributed by atoms with Crippen molar-refractivity contribution >= 4 is 6.29 Å². The summed E-state index contributed by atoms with van der Waals surface area (Å²) in [6.07, 6.45) is 16.4. The van der Waals surface area contributed by atoms with Crippen LogP contribution in [-0.4, -0.2) is 12.9 Å². The summed E-state index contributed by atoms with van der Waals surface area (Å²) < 4.78 is 5.68. The van der Waals surface area contributed by atoms with Crippen LogP contribution in [-0.2, 0) is 0 Å². The van der Waals surface area contributed by atoms with Crippen molar-refractivity contribution in [1.29, 1.82) is 0 Å². The zero-order valence-corrected chi connectivity index (χ0v) is 14.4. The van der Waals surface area contributed by atoms with E-state index in [1.807, 2.05) is 12.1 Å². The number of unbranched alkanes of at least 4 members (excludes halogenated alkanes) is 2. The normalized spacial score (nSPS) is 21.4. The number of ether oxygens (including phenoxy) is 1. The van der Waals surface area contributed by atoms with E-state index in [2.05, 4.69) is 19.1 Å². The maximum Gasteiger partial charge on any atom is 0.150 e. The molecular formula is C21H30O2. The molecule has 0 aliphatic heterocycles. The van der Waals surface area contributed by atoms with E-state index in [0.29, 0.717) is 12.2 Å². The highest BCUT2D eigenvalue weighted by Gasteiger charge is 2.18. The monoisotopic (exact) mass is 314 g/mol.